The maximum absolute atomic E-state index is 9.93. The average molecular weight is 305 g/mol. The molecule has 2 N–H and O–H groups in total. The molecule has 2 aliphatic carbocycles. The van der Waals surface area contributed by atoms with E-state index in [1.165, 1.54) is 43.4 Å². The molecule has 0 aromatic heterocycles. The third-order valence-electron chi connectivity index (χ3n) is 5.03. The average Bonchev–Trinajstić information content (AvgIpc) is 3.24. The number of hydrogen-bond donors (Lipinski definition) is 2. The van der Waals surface area contributed by atoms with Crippen LogP contribution in [0.5, 0.6) is 0 Å². The highest BCUT2D eigenvalue weighted by atomic mass is 32.2. The molecule has 0 spiro atoms. The lowest BCUT2D eigenvalue weighted by Gasteiger charge is -2.35. The Morgan fingerprint density at radius 1 is 1.19 bits per heavy atom. The van der Waals surface area contributed by atoms with Gasteiger partial charge in [-0.05, 0) is 49.3 Å². The second-order valence-electron chi connectivity index (χ2n) is 6.65. The first kappa shape index (κ1) is 15.4. The molecule has 0 aliphatic heterocycles. The number of rotatable bonds is 8. The SMILES string of the molecule is OCC1(NC2CC2)CCCC1CCSCc1ccccc1. The highest BCUT2D eigenvalue weighted by Crippen LogP contribution is 2.40. The molecule has 1 aromatic rings. The van der Waals surface area contributed by atoms with Crippen LogP contribution in [0, 0.1) is 5.92 Å². The van der Waals surface area contributed by atoms with Gasteiger partial charge in [-0.15, -0.1) is 0 Å². The van der Waals surface area contributed by atoms with Gasteiger partial charge in [0.05, 0.1) is 6.61 Å². The topological polar surface area (TPSA) is 32.3 Å². The Bertz CT molecular complexity index is 434. The number of benzene rings is 1. The normalized spacial score (nSPS) is 28.9. The van der Waals surface area contributed by atoms with E-state index in [1.807, 2.05) is 11.8 Å². The summed E-state index contributed by atoms with van der Waals surface area (Å²) in [7, 11) is 0. The van der Waals surface area contributed by atoms with Crippen molar-refractivity contribution in [3.8, 4) is 0 Å². The van der Waals surface area contributed by atoms with E-state index in [2.05, 4.69) is 35.6 Å². The molecule has 0 radical (unpaired) electrons. The lowest BCUT2D eigenvalue weighted by Crippen LogP contribution is -2.52. The number of aliphatic hydroxyl groups excluding tert-OH is 1. The molecule has 0 saturated heterocycles. The van der Waals surface area contributed by atoms with Crippen LogP contribution in [0.1, 0.15) is 44.1 Å². The molecule has 116 valence electrons. The second kappa shape index (κ2) is 7.17. The Labute approximate surface area is 132 Å². The fourth-order valence-electron chi connectivity index (χ4n) is 3.63. The van der Waals surface area contributed by atoms with E-state index in [0.29, 0.717) is 18.6 Å². The molecule has 0 heterocycles. The molecule has 2 unspecified atom stereocenters. The summed E-state index contributed by atoms with van der Waals surface area (Å²) in [5.74, 6) is 2.97. The van der Waals surface area contributed by atoms with Crippen LogP contribution >= 0.6 is 11.8 Å². The fourth-order valence-corrected chi connectivity index (χ4v) is 4.66. The van der Waals surface area contributed by atoms with Crippen molar-refractivity contribution in [2.45, 2.75) is 55.9 Å². The summed E-state index contributed by atoms with van der Waals surface area (Å²) < 4.78 is 0. The third kappa shape index (κ3) is 4.02. The molecule has 0 amide bonds. The molecule has 3 rings (SSSR count). The summed E-state index contributed by atoms with van der Waals surface area (Å²) >= 11 is 2.03. The molecule has 2 saturated carbocycles. The monoisotopic (exact) mass is 305 g/mol. The molecule has 21 heavy (non-hydrogen) atoms. The van der Waals surface area contributed by atoms with Crippen LogP contribution in [0.4, 0.5) is 0 Å². The minimum Gasteiger partial charge on any atom is -0.394 e. The first-order chi connectivity index (χ1) is 10.3. The lowest BCUT2D eigenvalue weighted by atomic mass is 9.85. The first-order valence-corrected chi connectivity index (χ1v) is 9.48. The van der Waals surface area contributed by atoms with Crippen molar-refractivity contribution in [1.29, 1.82) is 0 Å². The minimum absolute atomic E-state index is 0.0362. The maximum atomic E-state index is 9.93. The van der Waals surface area contributed by atoms with Crippen LogP contribution in [0.2, 0.25) is 0 Å². The lowest BCUT2D eigenvalue weighted by molar-refractivity contribution is 0.120. The van der Waals surface area contributed by atoms with Crippen molar-refractivity contribution in [3.05, 3.63) is 35.9 Å². The van der Waals surface area contributed by atoms with Crippen LogP contribution in [-0.2, 0) is 5.75 Å². The molecule has 0 bridgehead atoms. The summed E-state index contributed by atoms with van der Waals surface area (Å²) in [4.78, 5) is 0. The molecule has 3 heteroatoms. The van der Waals surface area contributed by atoms with Gasteiger partial charge in [-0.3, -0.25) is 0 Å². The summed E-state index contributed by atoms with van der Waals surface area (Å²) in [6.07, 6.45) is 7.56. The fraction of sp³-hybridized carbons (Fsp3) is 0.667. The van der Waals surface area contributed by atoms with Crippen LogP contribution in [0.15, 0.2) is 30.3 Å². The molecular formula is C18H27NOS. The van der Waals surface area contributed by atoms with Gasteiger partial charge >= 0.3 is 0 Å². The summed E-state index contributed by atoms with van der Waals surface area (Å²) in [6, 6.07) is 11.4. The van der Waals surface area contributed by atoms with Crippen molar-refractivity contribution >= 4 is 11.8 Å². The van der Waals surface area contributed by atoms with E-state index in [-0.39, 0.29) is 5.54 Å². The van der Waals surface area contributed by atoms with Gasteiger partial charge in [-0.25, -0.2) is 0 Å². The minimum atomic E-state index is 0.0362. The molecule has 2 aliphatic rings. The van der Waals surface area contributed by atoms with Crippen molar-refractivity contribution in [2.75, 3.05) is 12.4 Å². The summed E-state index contributed by atoms with van der Waals surface area (Å²) in [6.45, 7) is 0.317. The Morgan fingerprint density at radius 3 is 2.71 bits per heavy atom. The Balaban J connectivity index is 1.45. The Hall–Kier alpha value is -0.510. The van der Waals surface area contributed by atoms with E-state index in [1.54, 1.807) is 0 Å². The van der Waals surface area contributed by atoms with E-state index < -0.39 is 0 Å². The number of nitrogens with one attached hydrogen (secondary N) is 1. The molecule has 2 nitrogen and oxygen atoms in total. The maximum Gasteiger partial charge on any atom is 0.0616 e. The third-order valence-corrected chi connectivity index (χ3v) is 6.09. The summed E-state index contributed by atoms with van der Waals surface area (Å²) in [5, 5.41) is 13.7. The smallest absolute Gasteiger partial charge is 0.0616 e. The number of hydrogen-bond acceptors (Lipinski definition) is 3. The predicted octanol–water partition coefficient (Wildman–Crippen LogP) is 3.59. The molecular weight excluding hydrogens is 278 g/mol. The van der Waals surface area contributed by atoms with E-state index in [9.17, 15) is 5.11 Å². The predicted molar refractivity (Wildman–Crippen MR) is 90.5 cm³/mol. The van der Waals surface area contributed by atoms with E-state index >= 15 is 0 Å². The van der Waals surface area contributed by atoms with Gasteiger partial charge in [0.25, 0.3) is 0 Å². The van der Waals surface area contributed by atoms with E-state index in [4.69, 9.17) is 0 Å². The van der Waals surface area contributed by atoms with Crippen molar-refractivity contribution < 1.29 is 5.11 Å². The van der Waals surface area contributed by atoms with Crippen molar-refractivity contribution in [2.24, 2.45) is 5.92 Å². The van der Waals surface area contributed by atoms with Gasteiger partial charge in [-0.1, -0.05) is 36.8 Å². The Morgan fingerprint density at radius 2 is 2.00 bits per heavy atom. The first-order valence-electron chi connectivity index (χ1n) is 8.33. The van der Waals surface area contributed by atoms with Gasteiger partial charge in [0.1, 0.15) is 0 Å². The van der Waals surface area contributed by atoms with Gasteiger partial charge in [0.2, 0.25) is 0 Å². The quantitative estimate of drug-likeness (QED) is 0.720. The van der Waals surface area contributed by atoms with Crippen molar-refractivity contribution in [3.63, 3.8) is 0 Å². The van der Waals surface area contributed by atoms with Gasteiger partial charge in [0, 0.05) is 17.3 Å². The highest BCUT2D eigenvalue weighted by Gasteiger charge is 2.44. The molecule has 2 atom stereocenters. The van der Waals surface area contributed by atoms with Crippen LogP contribution in [0.25, 0.3) is 0 Å². The zero-order chi connectivity index (χ0) is 14.5. The Kier molecular flexibility index (Phi) is 5.25. The van der Waals surface area contributed by atoms with E-state index in [0.717, 1.165) is 12.2 Å². The number of thioether (sulfide) groups is 1. The zero-order valence-electron chi connectivity index (χ0n) is 12.8. The largest absolute Gasteiger partial charge is 0.394 e. The molecule has 1 aromatic carbocycles. The van der Waals surface area contributed by atoms with Crippen LogP contribution < -0.4 is 5.32 Å². The van der Waals surface area contributed by atoms with Crippen LogP contribution in [-0.4, -0.2) is 29.0 Å². The standard InChI is InChI=1S/C18H27NOS/c20-14-18(19-17-8-9-17)11-4-7-16(18)10-12-21-13-15-5-2-1-3-6-15/h1-3,5-6,16-17,19-20H,4,7-14H2. The van der Waals surface area contributed by atoms with Gasteiger partial charge < -0.3 is 10.4 Å². The van der Waals surface area contributed by atoms with Gasteiger partial charge in [0.15, 0.2) is 0 Å². The zero-order valence-corrected chi connectivity index (χ0v) is 13.6. The summed E-state index contributed by atoms with van der Waals surface area (Å²) in [5.41, 5.74) is 1.45. The van der Waals surface area contributed by atoms with Crippen LogP contribution in [0.3, 0.4) is 0 Å². The second-order valence-corrected chi connectivity index (χ2v) is 7.75. The van der Waals surface area contributed by atoms with Gasteiger partial charge in [-0.2, -0.15) is 11.8 Å². The number of aliphatic hydroxyl groups is 1. The highest BCUT2D eigenvalue weighted by molar-refractivity contribution is 7.98. The molecule has 2 fully saturated rings. The van der Waals surface area contributed by atoms with Crippen molar-refractivity contribution in [1.82, 2.24) is 5.32 Å².